The number of aliphatic imine (C=N–C) groups is 1. The maximum absolute atomic E-state index is 12.0. The molecule has 1 aromatic heterocycles. The van der Waals surface area contributed by atoms with Crippen LogP contribution < -0.4 is 10.6 Å². The zero-order chi connectivity index (χ0) is 18.9. The second kappa shape index (κ2) is 9.80. The molecule has 1 amide bonds. The quantitative estimate of drug-likeness (QED) is 0.607. The second-order valence-corrected chi connectivity index (χ2v) is 6.88. The van der Waals surface area contributed by atoms with E-state index in [-0.39, 0.29) is 12.5 Å². The fraction of sp³-hybridized carbons (Fsp3) is 0.429. The number of guanidine groups is 1. The Balaban J connectivity index is 1.39. The monoisotopic (exact) mass is 368 g/mol. The van der Waals surface area contributed by atoms with Crippen LogP contribution in [0.15, 0.2) is 58.1 Å². The summed E-state index contributed by atoms with van der Waals surface area (Å²) in [6.07, 6.45) is 5.01. The Kier molecular flexibility index (Phi) is 6.90. The van der Waals surface area contributed by atoms with Crippen LogP contribution in [0.5, 0.6) is 0 Å². The lowest BCUT2D eigenvalue weighted by atomic mass is 9.90. The van der Waals surface area contributed by atoms with Crippen molar-refractivity contribution in [2.24, 2.45) is 10.9 Å². The molecule has 1 aliphatic rings. The van der Waals surface area contributed by atoms with E-state index in [1.807, 2.05) is 12.1 Å². The maximum atomic E-state index is 12.0. The molecular formula is C21H28N4O2. The van der Waals surface area contributed by atoms with Gasteiger partial charge in [-0.15, -0.1) is 0 Å². The van der Waals surface area contributed by atoms with E-state index in [2.05, 4.69) is 50.9 Å². The van der Waals surface area contributed by atoms with Crippen LogP contribution in [0.1, 0.15) is 24.2 Å². The lowest BCUT2D eigenvalue weighted by Crippen LogP contribution is -2.48. The van der Waals surface area contributed by atoms with Crippen LogP contribution in [0.3, 0.4) is 0 Å². The first kappa shape index (κ1) is 19.0. The summed E-state index contributed by atoms with van der Waals surface area (Å²) in [6, 6.07) is 14.3. The minimum Gasteiger partial charge on any atom is -0.467 e. The molecular weight excluding hydrogens is 340 g/mol. The van der Waals surface area contributed by atoms with Gasteiger partial charge in [0, 0.05) is 20.1 Å². The van der Waals surface area contributed by atoms with Crippen molar-refractivity contribution >= 4 is 11.9 Å². The molecule has 0 spiro atoms. The SMILES string of the molecule is CN=C(NCC(=O)NCc1ccco1)N1CCC(Cc2ccccc2)CC1. The highest BCUT2D eigenvalue weighted by Gasteiger charge is 2.21. The number of amides is 1. The zero-order valence-corrected chi connectivity index (χ0v) is 15.9. The summed E-state index contributed by atoms with van der Waals surface area (Å²) in [6.45, 7) is 2.53. The zero-order valence-electron chi connectivity index (χ0n) is 15.9. The molecule has 0 aliphatic carbocycles. The van der Waals surface area contributed by atoms with Gasteiger partial charge in [-0.25, -0.2) is 0 Å². The molecule has 1 aromatic carbocycles. The first-order chi connectivity index (χ1) is 13.2. The topological polar surface area (TPSA) is 69.9 Å². The van der Waals surface area contributed by atoms with E-state index in [1.54, 1.807) is 13.3 Å². The summed E-state index contributed by atoms with van der Waals surface area (Å²) in [5.41, 5.74) is 1.41. The number of nitrogens with one attached hydrogen (secondary N) is 2. The third-order valence-corrected chi connectivity index (χ3v) is 4.94. The van der Waals surface area contributed by atoms with E-state index >= 15 is 0 Å². The fourth-order valence-electron chi connectivity index (χ4n) is 3.45. The number of piperidine rings is 1. The molecule has 2 N–H and O–H groups in total. The van der Waals surface area contributed by atoms with E-state index in [4.69, 9.17) is 4.42 Å². The molecule has 1 aliphatic heterocycles. The third kappa shape index (κ3) is 5.88. The van der Waals surface area contributed by atoms with Gasteiger partial charge in [0.15, 0.2) is 5.96 Å². The summed E-state index contributed by atoms with van der Waals surface area (Å²) in [5, 5.41) is 6.00. The van der Waals surface area contributed by atoms with Gasteiger partial charge in [0.05, 0.1) is 19.4 Å². The standard InChI is InChI=1S/C21H28N4O2/c1-22-21(24-16-20(26)23-15-19-8-5-13-27-19)25-11-9-18(10-12-25)14-17-6-3-2-4-7-17/h2-8,13,18H,9-12,14-16H2,1H3,(H,22,24)(H,23,26). The van der Waals surface area contributed by atoms with E-state index in [0.29, 0.717) is 12.5 Å². The number of likely N-dealkylation sites (tertiary alicyclic amines) is 1. The Labute approximate surface area is 160 Å². The van der Waals surface area contributed by atoms with Gasteiger partial charge >= 0.3 is 0 Å². The summed E-state index contributed by atoms with van der Waals surface area (Å²) >= 11 is 0. The average Bonchev–Trinajstić information content (AvgIpc) is 3.22. The number of benzene rings is 1. The number of hydrogen-bond acceptors (Lipinski definition) is 3. The summed E-state index contributed by atoms with van der Waals surface area (Å²) in [7, 11) is 1.76. The van der Waals surface area contributed by atoms with Gasteiger partial charge in [-0.3, -0.25) is 9.79 Å². The van der Waals surface area contributed by atoms with Crippen LogP contribution in [-0.4, -0.2) is 43.4 Å². The molecule has 6 heteroatoms. The average molecular weight is 368 g/mol. The van der Waals surface area contributed by atoms with Crippen molar-refractivity contribution in [3.63, 3.8) is 0 Å². The van der Waals surface area contributed by atoms with Crippen molar-refractivity contribution in [1.82, 2.24) is 15.5 Å². The lowest BCUT2D eigenvalue weighted by Gasteiger charge is -2.34. The molecule has 1 saturated heterocycles. The molecule has 6 nitrogen and oxygen atoms in total. The summed E-state index contributed by atoms with van der Waals surface area (Å²) in [5.74, 6) is 2.17. The molecule has 0 atom stereocenters. The molecule has 0 saturated carbocycles. The van der Waals surface area contributed by atoms with Crippen molar-refractivity contribution in [1.29, 1.82) is 0 Å². The van der Waals surface area contributed by atoms with E-state index in [1.165, 1.54) is 5.56 Å². The smallest absolute Gasteiger partial charge is 0.239 e. The van der Waals surface area contributed by atoms with Gasteiger partial charge < -0.3 is 20.0 Å². The first-order valence-electron chi connectivity index (χ1n) is 9.53. The Morgan fingerprint density at radius 1 is 1.15 bits per heavy atom. The molecule has 0 unspecified atom stereocenters. The minimum atomic E-state index is -0.0773. The number of carbonyl (C=O) groups excluding carboxylic acids is 1. The van der Waals surface area contributed by atoms with Crippen molar-refractivity contribution in [3.05, 3.63) is 60.1 Å². The highest BCUT2D eigenvalue weighted by molar-refractivity contribution is 5.86. The maximum Gasteiger partial charge on any atom is 0.239 e. The van der Waals surface area contributed by atoms with E-state index < -0.39 is 0 Å². The number of carbonyl (C=O) groups is 1. The Bertz CT molecular complexity index is 720. The van der Waals surface area contributed by atoms with Crippen LogP contribution in [0.25, 0.3) is 0 Å². The van der Waals surface area contributed by atoms with Gasteiger partial charge in [0.1, 0.15) is 5.76 Å². The number of furan rings is 1. The Hall–Kier alpha value is -2.76. The minimum absolute atomic E-state index is 0.0773. The predicted molar refractivity (Wildman–Crippen MR) is 106 cm³/mol. The highest BCUT2D eigenvalue weighted by atomic mass is 16.3. The highest BCUT2D eigenvalue weighted by Crippen LogP contribution is 2.21. The number of nitrogens with zero attached hydrogens (tertiary/aromatic N) is 2. The van der Waals surface area contributed by atoms with Gasteiger partial charge in [-0.1, -0.05) is 30.3 Å². The summed E-state index contributed by atoms with van der Waals surface area (Å²) in [4.78, 5) is 18.6. The van der Waals surface area contributed by atoms with E-state index in [9.17, 15) is 4.79 Å². The van der Waals surface area contributed by atoms with Crippen LogP contribution in [0.4, 0.5) is 0 Å². The largest absolute Gasteiger partial charge is 0.467 e. The number of rotatable bonds is 6. The molecule has 0 bridgehead atoms. The van der Waals surface area contributed by atoms with Crippen LogP contribution in [0, 0.1) is 5.92 Å². The first-order valence-corrected chi connectivity index (χ1v) is 9.53. The number of hydrogen-bond donors (Lipinski definition) is 2. The van der Waals surface area contributed by atoms with Crippen molar-refractivity contribution in [2.45, 2.75) is 25.8 Å². The van der Waals surface area contributed by atoms with Crippen molar-refractivity contribution in [3.8, 4) is 0 Å². The van der Waals surface area contributed by atoms with Crippen LogP contribution in [-0.2, 0) is 17.8 Å². The summed E-state index contributed by atoms with van der Waals surface area (Å²) < 4.78 is 5.21. The molecule has 2 aromatic rings. The third-order valence-electron chi connectivity index (χ3n) is 4.94. The predicted octanol–water partition coefficient (Wildman–Crippen LogP) is 2.43. The molecule has 27 heavy (non-hydrogen) atoms. The molecule has 1 fully saturated rings. The van der Waals surface area contributed by atoms with Gasteiger partial charge in [-0.2, -0.15) is 0 Å². The van der Waals surface area contributed by atoms with Gasteiger partial charge in [-0.05, 0) is 42.9 Å². The van der Waals surface area contributed by atoms with E-state index in [0.717, 1.165) is 44.1 Å². The van der Waals surface area contributed by atoms with Crippen LogP contribution in [0.2, 0.25) is 0 Å². The normalized spacial score (nSPS) is 15.6. The lowest BCUT2D eigenvalue weighted by molar-refractivity contribution is -0.120. The van der Waals surface area contributed by atoms with Crippen molar-refractivity contribution < 1.29 is 9.21 Å². The van der Waals surface area contributed by atoms with Gasteiger partial charge in [0.2, 0.25) is 5.91 Å². The van der Waals surface area contributed by atoms with Crippen LogP contribution >= 0.6 is 0 Å². The Morgan fingerprint density at radius 2 is 1.93 bits per heavy atom. The van der Waals surface area contributed by atoms with Gasteiger partial charge in [0.25, 0.3) is 0 Å². The Morgan fingerprint density at radius 3 is 2.59 bits per heavy atom. The van der Waals surface area contributed by atoms with Crippen molar-refractivity contribution in [2.75, 3.05) is 26.7 Å². The molecule has 2 heterocycles. The molecule has 3 rings (SSSR count). The molecule has 144 valence electrons. The molecule has 0 radical (unpaired) electrons. The fourth-order valence-corrected chi connectivity index (χ4v) is 3.45. The second-order valence-electron chi connectivity index (χ2n) is 6.88.